The quantitative estimate of drug-likeness (QED) is 0.820. The standard InChI is InChI=1S/C19H25NO3S2/c1-3-24-15-5-4-6-16(11-15)25(21,22)17-7-8-18(19(12-17)23-2)14-9-10-20-13-14/h4-8,12,14,16,20H,3,9-11,13H2,1-2H3. The van der Waals surface area contributed by atoms with E-state index >= 15 is 0 Å². The molecule has 1 saturated heterocycles. The van der Waals surface area contributed by atoms with Crippen LogP contribution in [0.1, 0.15) is 31.2 Å². The van der Waals surface area contributed by atoms with Gasteiger partial charge in [-0.05, 0) is 47.7 Å². The molecule has 2 unspecified atom stereocenters. The average Bonchev–Trinajstić information content (AvgIpc) is 3.16. The second-order valence-corrected chi connectivity index (χ2v) is 9.89. The molecule has 2 aliphatic rings. The Hall–Kier alpha value is -1.24. The van der Waals surface area contributed by atoms with E-state index in [1.807, 2.05) is 18.2 Å². The number of hydrogen-bond donors (Lipinski definition) is 1. The Bertz CT molecular complexity index is 778. The van der Waals surface area contributed by atoms with Crippen LogP contribution in [0.5, 0.6) is 5.75 Å². The molecule has 1 N–H and O–H groups in total. The first-order valence-electron chi connectivity index (χ1n) is 8.69. The van der Waals surface area contributed by atoms with Crippen molar-refractivity contribution in [1.29, 1.82) is 0 Å². The lowest BCUT2D eigenvalue weighted by atomic mass is 9.97. The summed E-state index contributed by atoms with van der Waals surface area (Å²) in [4.78, 5) is 1.47. The number of sulfone groups is 1. The Morgan fingerprint density at radius 1 is 1.36 bits per heavy atom. The van der Waals surface area contributed by atoms with E-state index < -0.39 is 15.1 Å². The molecule has 0 saturated carbocycles. The predicted octanol–water partition coefficient (Wildman–Crippen LogP) is 3.51. The SMILES string of the molecule is CCSC1=CC=CC(S(=O)(=O)c2ccc(C3CCNC3)c(OC)c2)C1. The summed E-state index contributed by atoms with van der Waals surface area (Å²) in [5.74, 6) is 2.01. The Morgan fingerprint density at radius 3 is 2.88 bits per heavy atom. The lowest BCUT2D eigenvalue weighted by molar-refractivity contribution is 0.405. The van der Waals surface area contributed by atoms with Gasteiger partial charge < -0.3 is 10.1 Å². The van der Waals surface area contributed by atoms with Gasteiger partial charge in [0.05, 0.1) is 17.3 Å². The van der Waals surface area contributed by atoms with Gasteiger partial charge in [0.2, 0.25) is 0 Å². The number of rotatable bonds is 6. The second kappa shape index (κ2) is 7.98. The maximum absolute atomic E-state index is 13.1. The summed E-state index contributed by atoms with van der Waals surface area (Å²) < 4.78 is 31.7. The third-order valence-corrected chi connectivity index (χ3v) is 7.77. The van der Waals surface area contributed by atoms with Crippen LogP contribution in [0, 0.1) is 0 Å². The number of nitrogens with one attached hydrogen (secondary N) is 1. The molecule has 0 bridgehead atoms. The van der Waals surface area contributed by atoms with Crippen molar-refractivity contribution in [3.05, 3.63) is 46.9 Å². The number of hydrogen-bond acceptors (Lipinski definition) is 5. The smallest absolute Gasteiger partial charge is 0.185 e. The van der Waals surface area contributed by atoms with Crippen LogP contribution in [-0.2, 0) is 9.84 Å². The molecule has 1 aliphatic heterocycles. The molecule has 6 heteroatoms. The van der Waals surface area contributed by atoms with Crippen molar-refractivity contribution in [2.75, 3.05) is 26.0 Å². The van der Waals surface area contributed by atoms with Crippen LogP contribution in [0.3, 0.4) is 0 Å². The van der Waals surface area contributed by atoms with E-state index in [0.717, 1.165) is 35.7 Å². The van der Waals surface area contributed by atoms with Gasteiger partial charge in [0.1, 0.15) is 5.75 Å². The lowest BCUT2D eigenvalue weighted by Gasteiger charge is -2.20. The van der Waals surface area contributed by atoms with E-state index in [9.17, 15) is 8.42 Å². The zero-order valence-corrected chi connectivity index (χ0v) is 16.3. The van der Waals surface area contributed by atoms with Crippen molar-refractivity contribution in [2.45, 2.75) is 35.8 Å². The van der Waals surface area contributed by atoms with E-state index in [-0.39, 0.29) is 0 Å². The minimum absolute atomic E-state index is 0.344. The molecule has 0 spiro atoms. The molecule has 4 nitrogen and oxygen atoms in total. The van der Waals surface area contributed by atoms with Gasteiger partial charge in [-0.3, -0.25) is 0 Å². The molecular formula is C19H25NO3S2. The zero-order valence-electron chi connectivity index (χ0n) is 14.7. The number of thioether (sulfide) groups is 1. The van der Waals surface area contributed by atoms with E-state index in [0.29, 0.717) is 23.0 Å². The third kappa shape index (κ3) is 3.96. The summed E-state index contributed by atoms with van der Waals surface area (Å²) in [7, 11) is -1.81. The highest BCUT2D eigenvalue weighted by atomic mass is 32.2. The van der Waals surface area contributed by atoms with Crippen LogP contribution in [0.25, 0.3) is 0 Å². The van der Waals surface area contributed by atoms with Crippen LogP contribution >= 0.6 is 11.8 Å². The normalized spacial score (nSPS) is 23.5. The molecule has 1 fully saturated rings. The summed E-state index contributed by atoms with van der Waals surface area (Å²) in [5.41, 5.74) is 1.09. The van der Waals surface area contributed by atoms with E-state index in [4.69, 9.17) is 4.74 Å². The Balaban J connectivity index is 1.87. The fourth-order valence-electron chi connectivity index (χ4n) is 3.43. The minimum Gasteiger partial charge on any atom is -0.496 e. The Kier molecular flexibility index (Phi) is 5.92. The fourth-order valence-corrected chi connectivity index (χ4v) is 5.95. The Morgan fingerprint density at radius 2 is 2.20 bits per heavy atom. The molecule has 1 aromatic rings. The van der Waals surface area contributed by atoms with Crippen molar-refractivity contribution in [1.82, 2.24) is 5.32 Å². The van der Waals surface area contributed by atoms with Gasteiger partial charge in [-0.1, -0.05) is 31.2 Å². The van der Waals surface area contributed by atoms with Crippen LogP contribution < -0.4 is 10.1 Å². The summed E-state index contributed by atoms with van der Waals surface area (Å²) in [6.45, 7) is 3.98. The highest BCUT2D eigenvalue weighted by Crippen LogP contribution is 2.35. The number of ether oxygens (including phenoxy) is 1. The van der Waals surface area contributed by atoms with Crippen LogP contribution in [-0.4, -0.2) is 39.6 Å². The molecule has 1 aromatic carbocycles. The maximum atomic E-state index is 13.1. The second-order valence-electron chi connectivity index (χ2n) is 6.33. The molecule has 0 aromatic heterocycles. The van der Waals surface area contributed by atoms with E-state index in [2.05, 4.69) is 12.2 Å². The highest BCUT2D eigenvalue weighted by Gasteiger charge is 2.29. The monoisotopic (exact) mass is 379 g/mol. The van der Waals surface area contributed by atoms with E-state index in [1.54, 1.807) is 37.1 Å². The summed E-state index contributed by atoms with van der Waals surface area (Å²) in [5, 5.41) is 2.84. The zero-order chi connectivity index (χ0) is 17.9. The van der Waals surface area contributed by atoms with Gasteiger partial charge in [0.25, 0.3) is 0 Å². The molecule has 2 atom stereocenters. The van der Waals surface area contributed by atoms with Gasteiger partial charge >= 0.3 is 0 Å². The first-order chi connectivity index (χ1) is 12.1. The summed E-state index contributed by atoms with van der Waals surface area (Å²) in [6.07, 6.45) is 7.26. The predicted molar refractivity (Wildman–Crippen MR) is 104 cm³/mol. The lowest BCUT2D eigenvalue weighted by Crippen LogP contribution is -2.21. The molecular weight excluding hydrogens is 354 g/mol. The van der Waals surface area contributed by atoms with Crippen LogP contribution in [0.4, 0.5) is 0 Å². The van der Waals surface area contributed by atoms with Crippen molar-refractivity contribution in [3.8, 4) is 5.75 Å². The van der Waals surface area contributed by atoms with Crippen molar-refractivity contribution in [2.24, 2.45) is 0 Å². The molecule has 0 amide bonds. The van der Waals surface area contributed by atoms with Crippen molar-refractivity contribution >= 4 is 21.6 Å². The molecule has 0 radical (unpaired) electrons. The third-order valence-electron chi connectivity index (χ3n) is 4.77. The molecule has 25 heavy (non-hydrogen) atoms. The first kappa shape index (κ1) is 18.5. The Labute approximate surface area is 154 Å². The summed E-state index contributed by atoms with van der Waals surface area (Å²) in [6, 6.07) is 5.36. The highest BCUT2D eigenvalue weighted by molar-refractivity contribution is 8.03. The van der Waals surface area contributed by atoms with Gasteiger partial charge in [-0.15, -0.1) is 11.8 Å². The van der Waals surface area contributed by atoms with Gasteiger partial charge in [-0.2, -0.15) is 0 Å². The first-order valence-corrected chi connectivity index (χ1v) is 11.2. The number of benzene rings is 1. The molecule has 1 aliphatic carbocycles. The number of methoxy groups -OCH3 is 1. The minimum atomic E-state index is -3.42. The molecule has 1 heterocycles. The largest absolute Gasteiger partial charge is 0.496 e. The topological polar surface area (TPSA) is 55.4 Å². The average molecular weight is 380 g/mol. The van der Waals surface area contributed by atoms with Crippen molar-refractivity contribution < 1.29 is 13.2 Å². The fraction of sp³-hybridized carbons (Fsp3) is 0.474. The molecule has 136 valence electrons. The van der Waals surface area contributed by atoms with Crippen LogP contribution in [0.15, 0.2) is 46.2 Å². The van der Waals surface area contributed by atoms with Crippen LogP contribution in [0.2, 0.25) is 0 Å². The van der Waals surface area contributed by atoms with Crippen molar-refractivity contribution in [3.63, 3.8) is 0 Å². The maximum Gasteiger partial charge on any atom is 0.185 e. The van der Waals surface area contributed by atoms with Gasteiger partial charge in [-0.25, -0.2) is 8.42 Å². The van der Waals surface area contributed by atoms with Gasteiger partial charge in [0.15, 0.2) is 9.84 Å². The summed E-state index contributed by atoms with van der Waals surface area (Å²) >= 11 is 1.71. The number of allylic oxidation sites excluding steroid dienone is 3. The molecule has 3 rings (SSSR count). The van der Waals surface area contributed by atoms with E-state index in [1.165, 1.54) is 0 Å². The van der Waals surface area contributed by atoms with Gasteiger partial charge in [0, 0.05) is 12.5 Å².